The van der Waals surface area contributed by atoms with Crippen molar-refractivity contribution in [2.75, 3.05) is 18.1 Å². The van der Waals surface area contributed by atoms with Crippen molar-refractivity contribution in [3.05, 3.63) is 28.8 Å². The summed E-state index contributed by atoms with van der Waals surface area (Å²) >= 11 is 6.08. The highest BCUT2D eigenvalue weighted by Crippen LogP contribution is 2.36. The smallest absolute Gasteiger partial charge is 0.303 e. The summed E-state index contributed by atoms with van der Waals surface area (Å²) in [5.74, 6) is -1.68. The predicted octanol–water partition coefficient (Wildman–Crippen LogP) is 1.85. The fourth-order valence-electron chi connectivity index (χ4n) is 3.65. The predicted molar refractivity (Wildman–Crippen MR) is 98.9 cm³/mol. The minimum absolute atomic E-state index is 0.000614. The molecule has 0 amide bonds. The van der Waals surface area contributed by atoms with Crippen molar-refractivity contribution in [1.29, 1.82) is 0 Å². The van der Waals surface area contributed by atoms with E-state index in [2.05, 4.69) is 0 Å². The number of esters is 3. The van der Waals surface area contributed by atoms with Gasteiger partial charge in [0.25, 0.3) is 0 Å². The van der Waals surface area contributed by atoms with Gasteiger partial charge in [0.15, 0.2) is 24.5 Å². The van der Waals surface area contributed by atoms with Crippen LogP contribution in [-0.4, -0.2) is 55.6 Å². The molecule has 4 atom stereocenters. The number of nitrogens with zero attached hydrogens (tertiary/aromatic N) is 1. The maximum Gasteiger partial charge on any atom is 0.303 e. The van der Waals surface area contributed by atoms with Crippen molar-refractivity contribution in [2.45, 2.75) is 51.7 Å². The fourth-order valence-corrected chi connectivity index (χ4v) is 3.84. The number of fused-ring (bicyclic) bond motifs is 1. The highest BCUT2D eigenvalue weighted by atomic mass is 35.5. The van der Waals surface area contributed by atoms with E-state index in [0.717, 1.165) is 17.7 Å². The second-order valence-electron chi connectivity index (χ2n) is 6.74. The molecule has 1 fully saturated rings. The Morgan fingerprint density at radius 3 is 2.32 bits per heavy atom. The van der Waals surface area contributed by atoms with Gasteiger partial charge in [0.1, 0.15) is 0 Å². The lowest BCUT2D eigenvalue weighted by Crippen LogP contribution is -2.62. The van der Waals surface area contributed by atoms with E-state index in [0.29, 0.717) is 11.6 Å². The highest BCUT2D eigenvalue weighted by Gasteiger charge is 2.49. The first-order chi connectivity index (χ1) is 13.3. The summed E-state index contributed by atoms with van der Waals surface area (Å²) in [6.07, 6.45) is -2.80. The molecule has 1 saturated heterocycles. The van der Waals surface area contributed by atoms with Crippen LogP contribution in [0.25, 0.3) is 0 Å². The van der Waals surface area contributed by atoms with E-state index in [1.54, 1.807) is 6.07 Å². The van der Waals surface area contributed by atoms with Gasteiger partial charge in [-0.05, 0) is 30.2 Å². The van der Waals surface area contributed by atoms with E-state index in [1.165, 1.54) is 20.8 Å². The maximum atomic E-state index is 11.8. The third-order valence-electron chi connectivity index (χ3n) is 4.60. The average molecular weight is 412 g/mol. The molecule has 0 bridgehead atoms. The van der Waals surface area contributed by atoms with Gasteiger partial charge in [0.2, 0.25) is 0 Å². The van der Waals surface area contributed by atoms with Crippen molar-refractivity contribution >= 4 is 35.2 Å². The standard InChI is InChI=1S/C19H22ClNO7/c1-10(22)26-16-9-25-19(18(28-12(3)24)17(16)27-11(2)23)21-7-6-13-8-14(20)4-5-15(13)21/h4-5,8,16-19H,6-7,9H2,1-3H3/t16-,17+,18-,19-/m1/s1. The Kier molecular flexibility index (Phi) is 6.10. The Bertz CT molecular complexity index is 784. The summed E-state index contributed by atoms with van der Waals surface area (Å²) in [5, 5.41) is 0.634. The van der Waals surface area contributed by atoms with E-state index < -0.39 is 42.4 Å². The Hall–Kier alpha value is -2.32. The SMILES string of the molecule is CC(=O)O[C@@H]1[C@@H](OC(C)=O)[C@H](OC(C)=O)CO[C@H]1N1CCc2cc(Cl)ccc21. The van der Waals surface area contributed by atoms with E-state index in [-0.39, 0.29) is 6.61 Å². The molecule has 152 valence electrons. The zero-order valence-electron chi connectivity index (χ0n) is 15.8. The van der Waals surface area contributed by atoms with E-state index >= 15 is 0 Å². The number of halogens is 1. The lowest BCUT2D eigenvalue weighted by atomic mass is 10.0. The Morgan fingerprint density at radius 1 is 1.04 bits per heavy atom. The average Bonchev–Trinajstić information content (AvgIpc) is 2.99. The van der Waals surface area contributed by atoms with Crippen molar-refractivity contribution in [2.24, 2.45) is 0 Å². The van der Waals surface area contributed by atoms with Gasteiger partial charge in [0.05, 0.1) is 6.61 Å². The molecule has 0 aliphatic carbocycles. The van der Waals surface area contributed by atoms with E-state index in [9.17, 15) is 14.4 Å². The minimum Gasteiger partial charge on any atom is -0.456 e. The topological polar surface area (TPSA) is 91.4 Å². The van der Waals surface area contributed by atoms with Crippen molar-refractivity contribution in [3.63, 3.8) is 0 Å². The monoisotopic (exact) mass is 411 g/mol. The first-order valence-electron chi connectivity index (χ1n) is 8.94. The molecule has 28 heavy (non-hydrogen) atoms. The molecule has 0 saturated carbocycles. The van der Waals surface area contributed by atoms with Crippen LogP contribution in [0.1, 0.15) is 26.3 Å². The Morgan fingerprint density at radius 2 is 1.68 bits per heavy atom. The highest BCUT2D eigenvalue weighted by molar-refractivity contribution is 6.30. The Balaban J connectivity index is 1.93. The van der Waals surface area contributed by atoms with Crippen LogP contribution >= 0.6 is 11.6 Å². The first-order valence-corrected chi connectivity index (χ1v) is 9.32. The van der Waals surface area contributed by atoms with Crippen LogP contribution in [0.5, 0.6) is 0 Å². The van der Waals surface area contributed by atoms with Gasteiger partial charge < -0.3 is 23.8 Å². The molecule has 8 nitrogen and oxygen atoms in total. The third-order valence-corrected chi connectivity index (χ3v) is 4.84. The van der Waals surface area contributed by atoms with E-state index in [4.69, 9.17) is 30.5 Å². The van der Waals surface area contributed by atoms with Crippen molar-refractivity contribution < 1.29 is 33.3 Å². The summed E-state index contributed by atoms with van der Waals surface area (Å²) < 4.78 is 22.1. The van der Waals surface area contributed by atoms with Crippen LogP contribution in [0, 0.1) is 0 Å². The van der Waals surface area contributed by atoms with E-state index in [1.807, 2.05) is 17.0 Å². The maximum absolute atomic E-state index is 11.8. The van der Waals surface area contributed by atoms with Crippen LogP contribution in [0.3, 0.4) is 0 Å². The summed E-state index contributed by atoms with van der Waals surface area (Å²) in [6.45, 7) is 4.36. The second kappa shape index (κ2) is 8.36. The first kappa shape index (κ1) is 20.4. The quantitative estimate of drug-likeness (QED) is 0.547. The lowest BCUT2D eigenvalue weighted by molar-refractivity contribution is -0.225. The van der Waals surface area contributed by atoms with Gasteiger partial charge in [-0.25, -0.2) is 0 Å². The normalized spacial score (nSPS) is 26.4. The van der Waals surface area contributed by atoms with Crippen LogP contribution in [0.2, 0.25) is 5.02 Å². The third kappa shape index (κ3) is 4.39. The molecule has 0 spiro atoms. The fraction of sp³-hybridized carbons (Fsp3) is 0.526. The molecule has 0 unspecified atom stereocenters. The molecular formula is C19H22ClNO7. The molecule has 0 aromatic heterocycles. The zero-order chi connectivity index (χ0) is 20.4. The van der Waals surface area contributed by atoms with Gasteiger partial charge >= 0.3 is 17.9 Å². The number of ether oxygens (including phenoxy) is 4. The largest absolute Gasteiger partial charge is 0.456 e. The van der Waals surface area contributed by atoms with Crippen LogP contribution in [0.15, 0.2) is 18.2 Å². The van der Waals surface area contributed by atoms with Gasteiger partial charge in [-0.2, -0.15) is 0 Å². The van der Waals surface area contributed by atoms with Gasteiger partial charge in [-0.15, -0.1) is 0 Å². The van der Waals surface area contributed by atoms with Crippen LogP contribution in [-0.2, 0) is 39.8 Å². The minimum atomic E-state index is -0.986. The van der Waals surface area contributed by atoms with Gasteiger partial charge in [0, 0.05) is 38.0 Å². The molecule has 2 heterocycles. The molecule has 2 aliphatic rings. The molecule has 2 aliphatic heterocycles. The molecule has 1 aromatic rings. The molecule has 0 N–H and O–H groups in total. The number of carbonyl (C=O) groups excluding carboxylic acids is 3. The van der Waals surface area contributed by atoms with Crippen molar-refractivity contribution in [1.82, 2.24) is 0 Å². The number of anilines is 1. The molecule has 0 radical (unpaired) electrons. The summed E-state index contributed by atoms with van der Waals surface area (Å²) in [6, 6.07) is 5.53. The van der Waals surface area contributed by atoms with Crippen molar-refractivity contribution in [3.8, 4) is 0 Å². The number of benzene rings is 1. The van der Waals surface area contributed by atoms with Crippen LogP contribution in [0.4, 0.5) is 5.69 Å². The second-order valence-corrected chi connectivity index (χ2v) is 7.17. The Labute approximate surface area is 167 Å². The zero-order valence-corrected chi connectivity index (χ0v) is 16.6. The number of hydrogen-bond acceptors (Lipinski definition) is 8. The number of rotatable bonds is 4. The summed E-state index contributed by atoms with van der Waals surface area (Å²) in [7, 11) is 0. The lowest BCUT2D eigenvalue weighted by Gasteiger charge is -2.44. The molecule has 9 heteroatoms. The summed E-state index contributed by atoms with van der Waals surface area (Å²) in [4.78, 5) is 36.8. The molecule has 3 rings (SSSR count). The van der Waals surface area contributed by atoms with Crippen LogP contribution < -0.4 is 4.90 Å². The summed E-state index contributed by atoms with van der Waals surface area (Å²) in [5.41, 5.74) is 1.95. The molecule has 1 aromatic carbocycles. The number of hydrogen-bond donors (Lipinski definition) is 0. The van der Waals surface area contributed by atoms with Gasteiger partial charge in [-0.3, -0.25) is 14.4 Å². The molecular weight excluding hydrogens is 390 g/mol. The van der Waals surface area contributed by atoms with Gasteiger partial charge in [-0.1, -0.05) is 11.6 Å². The number of carbonyl (C=O) groups is 3.